The van der Waals surface area contributed by atoms with E-state index in [9.17, 15) is 8.42 Å². The number of anilines is 1. The second kappa shape index (κ2) is 7.45. The highest BCUT2D eigenvalue weighted by molar-refractivity contribution is 7.89. The van der Waals surface area contributed by atoms with Gasteiger partial charge in [0.2, 0.25) is 0 Å². The standard InChI is InChI=1S/C13H23N3O2S/c1-4-6-11-16(3)19(17,18)13-12(14-9-5-2)8-7-10-15-13/h7-8,10,14H,4-6,9,11H2,1-3H3. The first-order chi connectivity index (χ1) is 9.04. The van der Waals surface area contributed by atoms with Crippen LogP contribution in [0.1, 0.15) is 33.1 Å². The number of nitrogens with zero attached hydrogens (tertiary/aromatic N) is 2. The van der Waals surface area contributed by atoms with E-state index in [1.807, 2.05) is 13.8 Å². The molecule has 6 heteroatoms. The molecule has 1 aromatic rings. The van der Waals surface area contributed by atoms with Crippen LogP contribution < -0.4 is 5.32 Å². The second-order valence-electron chi connectivity index (χ2n) is 4.46. The molecule has 0 saturated carbocycles. The van der Waals surface area contributed by atoms with Gasteiger partial charge in [-0.3, -0.25) is 0 Å². The number of hydrogen-bond donors (Lipinski definition) is 1. The van der Waals surface area contributed by atoms with Gasteiger partial charge in [-0.1, -0.05) is 20.3 Å². The molecule has 1 aromatic heterocycles. The van der Waals surface area contributed by atoms with E-state index in [-0.39, 0.29) is 5.03 Å². The summed E-state index contributed by atoms with van der Waals surface area (Å²) in [6.45, 7) is 5.32. The van der Waals surface area contributed by atoms with Crippen molar-refractivity contribution in [3.8, 4) is 0 Å². The van der Waals surface area contributed by atoms with Crippen molar-refractivity contribution in [1.29, 1.82) is 0 Å². The van der Waals surface area contributed by atoms with Crippen LogP contribution in [0, 0.1) is 0 Å². The zero-order chi connectivity index (χ0) is 14.3. The second-order valence-corrected chi connectivity index (χ2v) is 6.42. The van der Waals surface area contributed by atoms with Crippen molar-refractivity contribution in [2.45, 2.75) is 38.1 Å². The highest BCUT2D eigenvalue weighted by Crippen LogP contribution is 2.21. The van der Waals surface area contributed by atoms with Crippen molar-refractivity contribution in [3.63, 3.8) is 0 Å². The van der Waals surface area contributed by atoms with Gasteiger partial charge in [0.25, 0.3) is 10.0 Å². The number of rotatable bonds is 8. The third-order valence-electron chi connectivity index (χ3n) is 2.82. The van der Waals surface area contributed by atoms with E-state index >= 15 is 0 Å². The first-order valence-electron chi connectivity index (χ1n) is 6.69. The summed E-state index contributed by atoms with van der Waals surface area (Å²) < 4.78 is 26.3. The van der Waals surface area contributed by atoms with Gasteiger partial charge in [0.1, 0.15) is 0 Å². The normalized spacial score (nSPS) is 11.8. The first kappa shape index (κ1) is 15.9. The molecule has 0 radical (unpaired) electrons. The summed E-state index contributed by atoms with van der Waals surface area (Å²) in [5.41, 5.74) is 0.577. The van der Waals surface area contributed by atoms with E-state index in [1.54, 1.807) is 19.2 Å². The van der Waals surface area contributed by atoms with Crippen LogP contribution in [0.4, 0.5) is 5.69 Å². The molecule has 0 bridgehead atoms. The van der Waals surface area contributed by atoms with Gasteiger partial charge in [-0.25, -0.2) is 13.4 Å². The average molecular weight is 285 g/mol. The minimum absolute atomic E-state index is 0.113. The monoisotopic (exact) mass is 285 g/mol. The predicted molar refractivity (Wildman–Crippen MR) is 77.7 cm³/mol. The molecule has 19 heavy (non-hydrogen) atoms. The quantitative estimate of drug-likeness (QED) is 0.796. The van der Waals surface area contributed by atoms with Gasteiger partial charge < -0.3 is 5.32 Å². The molecule has 0 atom stereocenters. The Labute approximate surface area is 116 Å². The molecule has 0 unspecified atom stereocenters. The smallest absolute Gasteiger partial charge is 0.262 e. The fourth-order valence-corrected chi connectivity index (χ4v) is 2.92. The van der Waals surface area contributed by atoms with Gasteiger partial charge in [-0.2, -0.15) is 4.31 Å². The SMILES string of the molecule is CCCCN(C)S(=O)(=O)c1ncccc1NCCC. The van der Waals surface area contributed by atoms with Crippen LogP contribution in [0.15, 0.2) is 23.4 Å². The van der Waals surface area contributed by atoms with Crippen molar-refractivity contribution >= 4 is 15.7 Å². The zero-order valence-corrected chi connectivity index (χ0v) is 12.7. The van der Waals surface area contributed by atoms with Crippen molar-refractivity contribution in [3.05, 3.63) is 18.3 Å². The minimum atomic E-state index is -3.51. The summed E-state index contributed by atoms with van der Waals surface area (Å²) in [6, 6.07) is 3.49. The molecule has 0 fully saturated rings. The molecule has 1 N–H and O–H groups in total. The highest BCUT2D eigenvalue weighted by Gasteiger charge is 2.24. The lowest BCUT2D eigenvalue weighted by Crippen LogP contribution is -2.29. The van der Waals surface area contributed by atoms with Gasteiger partial charge in [0, 0.05) is 26.3 Å². The number of unbranched alkanes of at least 4 members (excludes halogenated alkanes) is 1. The molecule has 0 aliphatic heterocycles. The zero-order valence-electron chi connectivity index (χ0n) is 11.9. The molecule has 0 aliphatic carbocycles. The molecular weight excluding hydrogens is 262 g/mol. The van der Waals surface area contributed by atoms with Crippen molar-refractivity contribution < 1.29 is 8.42 Å². The maximum absolute atomic E-state index is 12.4. The van der Waals surface area contributed by atoms with Gasteiger partial charge in [0.15, 0.2) is 5.03 Å². The Morgan fingerprint density at radius 2 is 2.05 bits per heavy atom. The van der Waals surface area contributed by atoms with Crippen molar-refractivity contribution in [2.75, 3.05) is 25.5 Å². The largest absolute Gasteiger partial charge is 0.383 e. The average Bonchev–Trinajstić information content (AvgIpc) is 2.42. The summed E-state index contributed by atoms with van der Waals surface area (Å²) in [7, 11) is -1.91. The molecule has 0 amide bonds. The maximum atomic E-state index is 12.4. The van der Waals surface area contributed by atoms with Crippen LogP contribution in [0.25, 0.3) is 0 Å². The predicted octanol–water partition coefficient (Wildman–Crippen LogP) is 2.32. The molecular formula is C13H23N3O2S. The minimum Gasteiger partial charge on any atom is -0.383 e. The van der Waals surface area contributed by atoms with Gasteiger partial charge in [-0.15, -0.1) is 0 Å². The molecule has 1 heterocycles. The van der Waals surface area contributed by atoms with Crippen LogP contribution in [-0.2, 0) is 10.0 Å². The molecule has 1 rings (SSSR count). The van der Waals surface area contributed by atoms with Crippen LogP contribution in [0.3, 0.4) is 0 Å². The Morgan fingerprint density at radius 1 is 1.32 bits per heavy atom. The summed E-state index contributed by atoms with van der Waals surface area (Å²) in [6.07, 6.45) is 4.25. The van der Waals surface area contributed by atoms with Gasteiger partial charge in [0.05, 0.1) is 5.69 Å². The molecule has 108 valence electrons. The van der Waals surface area contributed by atoms with Crippen molar-refractivity contribution in [2.24, 2.45) is 0 Å². The number of pyridine rings is 1. The lowest BCUT2D eigenvalue weighted by atomic mass is 10.3. The van der Waals surface area contributed by atoms with Crippen molar-refractivity contribution in [1.82, 2.24) is 9.29 Å². The van der Waals surface area contributed by atoms with Gasteiger partial charge in [-0.05, 0) is 25.0 Å². The molecule has 0 saturated heterocycles. The van der Waals surface area contributed by atoms with Gasteiger partial charge >= 0.3 is 0 Å². The Morgan fingerprint density at radius 3 is 2.68 bits per heavy atom. The lowest BCUT2D eigenvalue weighted by Gasteiger charge is -2.18. The van der Waals surface area contributed by atoms with Crippen LogP contribution in [-0.4, -0.2) is 37.8 Å². The fourth-order valence-electron chi connectivity index (χ4n) is 1.64. The lowest BCUT2D eigenvalue weighted by molar-refractivity contribution is 0.457. The molecule has 0 aliphatic rings. The Balaban J connectivity index is 3.00. The third kappa shape index (κ3) is 4.18. The Kier molecular flexibility index (Phi) is 6.24. The van der Waals surface area contributed by atoms with Crippen LogP contribution in [0.5, 0.6) is 0 Å². The first-order valence-corrected chi connectivity index (χ1v) is 8.13. The number of aromatic nitrogens is 1. The number of sulfonamides is 1. The van der Waals surface area contributed by atoms with E-state index < -0.39 is 10.0 Å². The third-order valence-corrected chi connectivity index (χ3v) is 4.64. The fraction of sp³-hybridized carbons (Fsp3) is 0.615. The maximum Gasteiger partial charge on any atom is 0.262 e. The molecule has 5 nitrogen and oxygen atoms in total. The Hall–Kier alpha value is -1.14. The van der Waals surface area contributed by atoms with Crippen LogP contribution in [0.2, 0.25) is 0 Å². The molecule has 0 spiro atoms. The summed E-state index contributed by atoms with van der Waals surface area (Å²) in [5, 5.41) is 3.22. The van der Waals surface area contributed by atoms with E-state index in [0.717, 1.165) is 25.8 Å². The van der Waals surface area contributed by atoms with E-state index in [1.165, 1.54) is 10.5 Å². The van der Waals surface area contributed by atoms with E-state index in [2.05, 4.69) is 10.3 Å². The highest BCUT2D eigenvalue weighted by atomic mass is 32.2. The molecule has 0 aromatic carbocycles. The Bertz CT molecular complexity index is 488. The summed E-state index contributed by atoms with van der Waals surface area (Å²) in [4.78, 5) is 4.04. The van der Waals surface area contributed by atoms with E-state index in [4.69, 9.17) is 0 Å². The number of hydrogen-bond acceptors (Lipinski definition) is 4. The van der Waals surface area contributed by atoms with Crippen LogP contribution >= 0.6 is 0 Å². The summed E-state index contributed by atoms with van der Waals surface area (Å²) >= 11 is 0. The number of nitrogens with one attached hydrogen (secondary N) is 1. The summed E-state index contributed by atoms with van der Waals surface area (Å²) in [5.74, 6) is 0. The van der Waals surface area contributed by atoms with E-state index in [0.29, 0.717) is 12.2 Å². The topological polar surface area (TPSA) is 62.3 Å².